The third kappa shape index (κ3) is 10.6. The van der Waals surface area contributed by atoms with E-state index in [1.54, 1.807) is 0 Å². The highest BCUT2D eigenvalue weighted by atomic mass is 15.3. The SMILES string of the molecule is Cc1ccc(C)c(Nc2nc(Nc3ccc(/C=C/c4ccc(Nc5nc(Nc6cc(C)ccc6C)nc(NC(C)C)n5)cc4C)c(C)c3)nc(NC(C)C)n2)c1. The smallest absolute Gasteiger partial charge is 0.233 e. The van der Waals surface area contributed by atoms with Crippen LogP contribution >= 0.6 is 0 Å². The van der Waals surface area contributed by atoms with Crippen molar-refractivity contribution in [1.29, 1.82) is 0 Å². The highest BCUT2D eigenvalue weighted by Crippen LogP contribution is 2.27. The average Bonchev–Trinajstić information content (AvgIpc) is 3.11. The van der Waals surface area contributed by atoms with Gasteiger partial charge in [0.1, 0.15) is 0 Å². The Balaban J connectivity index is 1.16. The summed E-state index contributed by atoms with van der Waals surface area (Å²) >= 11 is 0. The van der Waals surface area contributed by atoms with Gasteiger partial charge in [0, 0.05) is 34.8 Å². The van der Waals surface area contributed by atoms with Crippen LogP contribution in [0.25, 0.3) is 12.2 Å². The number of aryl methyl sites for hydroxylation is 6. The molecule has 0 bridgehead atoms. The number of hydrogen-bond donors (Lipinski definition) is 6. The molecule has 6 N–H and O–H groups in total. The number of hydrogen-bond acceptors (Lipinski definition) is 12. The van der Waals surface area contributed by atoms with Crippen LogP contribution in [-0.2, 0) is 0 Å². The van der Waals surface area contributed by atoms with Gasteiger partial charge in [-0.2, -0.15) is 29.9 Å². The number of anilines is 10. The molecule has 6 rings (SSSR count). The van der Waals surface area contributed by atoms with Crippen molar-refractivity contribution in [3.05, 3.63) is 117 Å². The van der Waals surface area contributed by atoms with Crippen molar-refractivity contribution in [3.8, 4) is 0 Å². The van der Waals surface area contributed by atoms with E-state index in [0.29, 0.717) is 35.7 Å². The largest absolute Gasteiger partial charge is 0.352 e. The van der Waals surface area contributed by atoms with Crippen LogP contribution < -0.4 is 31.9 Å². The Morgan fingerprint density at radius 1 is 0.393 bits per heavy atom. The minimum Gasteiger partial charge on any atom is -0.352 e. The molecule has 56 heavy (non-hydrogen) atoms. The van der Waals surface area contributed by atoms with Crippen LogP contribution in [0, 0.1) is 41.5 Å². The molecule has 0 fully saturated rings. The maximum absolute atomic E-state index is 4.70. The summed E-state index contributed by atoms with van der Waals surface area (Å²) in [6.45, 7) is 20.6. The van der Waals surface area contributed by atoms with Gasteiger partial charge in [-0.25, -0.2) is 0 Å². The monoisotopic (exact) mass is 748 g/mol. The summed E-state index contributed by atoms with van der Waals surface area (Å²) in [4.78, 5) is 27.9. The zero-order chi connectivity index (χ0) is 39.9. The summed E-state index contributed by atoms with van der Waals surface area (Å²) in [5, 5.41) is 20.1. The molecule has 0 aliphatic heterocycles. The van der Waals surface area contributed by atoms with E-state index in [4.69, 9.17) is 9.97 Å². The second-order valence-electron chi connectivity index (χ2n) is 14.8. The first-order valence-electron chi connectivity index (χ1n) is 18.9. The number of aromatic nitrogens is 6. The first kappa shape index (κ1) is 39.1. The van der Waals surface area contributed by atoms with E-state index < -0.39 is 0 Å². The molecule has 0 radical (unpaired) electrons. The fourth-order valence-corrected chi connectivity index (χ4v) is 5.92. The van der Waals surface area contributed by atoms with E-state index in [2.05, 4.69) is 194 Å². The lowest BCUT2D eigenvalue weighted by molar-refractivity contribution is 0.869. The number of nitrogens with zero attached hydrogens (tertiary/aromatic N) is 6. The molecule has 0 aliphatic rings. The third-order valence-electron chi connectivity index (χ3n) is 8.88. The average molecular weight is 749 g/mol. The molecule has 2 aromatic heterocycles. The molecule has 288 valence electrons. The maximum atomic E-state index is 4.70. The second-order valence-corrected chi connectivity index (χ2v) is 14.8. The molecule has 0 unspecified atom stereocenters. The van der Waals surface area contributed by atoms with Crippen molar-refractivity contribution in [1.82, 2.24) is 29.9 Å². The topological polar surface area (TPSA) is 150 Å². The third-order valence-corrected chi connectivity index (χ3v) is 8.88. The van der Waals surface area contributed by atoms with Crippen molar-refractivity contribution in [3.63, 3.8) is 0 Å². The standard InChI is InChI=1S/C44H52N12/c1-25(2)45-39-51-41(55-43(53-39)49-37-21-27(5)11-13-29(37)7)47-35-19-17-33(31(9)23-35)15-16-34-18-20-36(24-32(34)10)48-42-52-40(46-26(3)4)54-44(56-42)50-38-22-28(6)12-14-30(38)8/h11-26H,1-10H3,(H3,45,47,49,51,53,55)(H3,46,48,50,52,54,56)/b16-15+. The van der Waals surface area contributed by atoms with Crippen LogP contribution in [-0.4, -0.2) is 42.0 Å². The van der Waals surface area contributed by atoms with Crippen LogP contribution in [0.2, 0.25) is 0 Å². The number of nitrogens with one attached hydrogen (secondary N) is 6. The molecular weight excluding hydrogens is 697 g/mol. The Hall–Kier alpha value is -6.56. The summed E-state index contributed by atoms with van der Waals surface area (Å²) in [5.74, 6) is 2.80. The van der Waals surface area contributed by atoms with Crippen LogP contribution in [0.4, 0.5) is 58.4 Å². The summed E-state index contributed by atoms with van der Waals surface area (Å²) < 4.78 is 0. The van der Waals surface area contributed by atoms with Crippen molar-refractivity contribution in [2.24, 2.45) is 0 Å². The predicted octanol–water partition coefficient (Wildman–Crippen LogP) is 10.7. The van der Waals surface area contributed by atoms with E-state index in [9.17, 15) is 0 Å². The molecule has 0 amide bonds. The van der Waals surface area contributed by atoms with E-state index in [1.165, 1.54) is 0 Å². The highest BCUT2D eigenvalue weighted by molar-refractivity contribution is 5.75. The van der Waals surface area contributed by atoms with Crippen molar-refractivity contribution in [2.75, 3.05) is 31.9 Å². The van der Waals surface area contributed by atoms with Crippen LogP contribution in [0.15, 0.2) is 72.8 Å². The van der Waals surface area contributed by atoms with Crippen molar-refractivity contribution < 1.29 is 0 Å². The Bertz CT molecular complexity index is 2200. The van der Waals surface area contributed by atoms with Gasteiger partial charge in [-0.1, -0.05) is 48.6 Å². The van der Waals surface area contributed by atoms with Crippen LogP contribution in [0.5, 0.6) is 0 Å². The summed E-state index contributed by atoms with van der Waals surface area (Å²) in [6, 6.07) is 25.3. The Morgan fingerprint density at radius 2 is 0.750 bits per heavy atom. The second kappa shape index (κ2) is 17.3. The molecule has 0 saturated heterocycles. The number of benzene rings is 4. The van der Waals surface area contributed by atoms with Crippen molar-refractivity contribution >= 4 is 70.6 Å². The van der Waals surface area contributed by atoms with Gasteiger partial charge >= 0.3 is 0 Å². The molecule has 0 saturated carbocycles. The van der Waals surface area contributed by atoms with Gasteiger partial charge in [0.15, 0.2) is 0 Å². The van der Waals surface area contributed by atoms with Gasteiger partial charge in [0.05, 0.1) is 0 Å². The van der Waals surface area contributed by atoms with Crippen molar-refractivity contribution in [2.45, 2.75) is 81.3 Å². The summed E-state index contributed by atoms with van der Waals surface area (Å²) in [7, 11) is 0. The van der Waals surface area contributed by atoms with Gasteiger partial charge in [-0.3, -0.25) is 0 Å². The normalized spacial score (nSPS) is 11.3. The Morgan fingerprint density at radius 3 is 1.11 bits per heavy atom. The van der Waals surface area contributed by atoms with E-state index in [-0.39, 0.29) is 12.1 Å². The lowest BCUT2D eigenvalue weighted by atomic mass is 10.0. The zero-order valence-electron chi connectivity index (χ0n) is 33.9. The first-order valence-corrected chi connectivity index (χ1v) is 18.9. The molecule has 12 nitrogen and oxygen atoms in total. The molecule has 0 spiro atoms. The predicted molar refractivity (Wildman–Crippen MR) is 233 cm³/mol. The van der Waals surface area contributed by atoms with Crippen LogP contribution in [0.1, 0.15) is 72.2 Å². The maximum Gasteiger partial charge on any atom is 0.233 e. The van der Waals surface area contributed by atoms with Gasteiger partial charge in [0.25, 0.3) is 0 Å². The Labute approximate surface area is 330 Å². The molecule has 4 aromatic carbocycles. The van der Waals surface area contributed by atoms with Crippen LogP contribution in [0.3, 0.4) is 0 Å². The van der Waals surface area contributed by atoms with Gasteiger partial charge < -0.3 is 31.9 Å². The molecule has 6 aromatic rings. The first-order chi connectivity index (χ1) is 26.8. The van der Waals surface area contributed by atoms with E-state index in [1.807, 2.05) is 12.1 Å². The lowest BCUT2D eigenvalue weighted by Gasteiger charge is -2.15. The molecule has 12 heteroatoms. The van der Waals surface area contributed by atoms with Gasteiger partial charge in [0.2, 0.25) is 35.7 Å². The fourth-order valence-electron chi connectivity index (χ4n) is 5.92. The van der Waals surface area contributed by atoms with E-state index in [0.717, 1.165) is 67.3 Å². The minimum atomic E-state index is 0.156. The van der Waals surface area contributed by atoms with Gasteiger partial charge in [-0.05, 0) is 150 Å². The summed E-state index contributed by atoms with van der Waals surface area (Å²) in [5.41, 5.74) is 12.6. The van der Waals surface area contributed by atoms with Gasteiger partial charge in [-0.15, -0.1) is 0 Å². The highest BCUT2D eigenvalue weighted by Gasteiger charge is 2.13. The van der Waals surface area contributed by atoms with E-state index >= 15 is 0 Å². The molecule has 2 heterocycles. The Kier molecular flexibility index (Phi) is 12.1. The molecule has 0 aliphatic carbocycles. The molecular formula is C44H52N12. The quantitative estimate of drug-likeness (QED) is 0.0589. The number of rotatable bonds is 14. The fraction of sp³-hybridized carbons (Fsp3) is 0.273. The molecule has 0 atom stereocenters. The summed E-state index contributed by atoms with van der Waals surface area (Å²) in [6.07, 6.45) is 4.27. The minimum absolute atomic E-state index is 0.156. The zero-order valence-corrected chi connectivity index (χ0v) is 33.9. The lowest BCUT2D eigenvalue weighted by Crippen LogP contribution is -2.15.